The summed E-state index contributed by atoms with van der Waals surface area (Å²) in [4.78, 5) is 25.3. The number of nitrogens with one attached hydrogen (secondary N) is 2. The van der Waals surface area contributed by atoms with Crippen LogP contribution >= 0.6 is 11.6 Å². The second-order valence-corrected chi connectivity index (χ2v) is 6.81. The van der Waals surface area contributed by atoms with Gasteiger partial charge in [0.15, 0.2) is 0 Å². The Morgan fingerprint density at radius 2 is 1.78 bits per heavy atom. The average Bonchev–Trinajstić information content (AvgIpc) is 2.70. The fourth-order valence-electron chi connectivity index (χ4n) is 2.67. The van der Waals surface area contributed by atoms with E-state index in [4.69, 9.17) is 16.3 Å². The van der Waals surface area contributed by atoms with Crippen molar-refractivity contribution in [1.29, 1.82) is 0 Å². The van der Waals surface area contributed by atoms with E-state index >= 15 is 0 Å². The van der Waals surface area contributed by atoms with E-state index < -0.39 is 6.04 Å². The molecule has 0 aliphatic heterocycles. The number of para-hydroxylation sites is 1. The van der Waals surface area contributed by atoms with Gasteiger partial charge in [-0.2, -0.15) is 0 Å². The summed E-state index contributed by atoms with van der Waals surface area (Å²) in [6.45, 7) is 4.25. The second-order valence-electron chi connectivity index (χ2n) is 6.37. The minimum Gasteiger partial charge on any atom is -0.496 e. The van der Waals surface area contributed by atoms with Gasteiger partial charge in [-0.3, -0.25) is 9.59 Å². The van der Waals surface area contributed by atoms with Crippen molar-refractivity contribution in [3.8, 4) is 5.75 Å². The number of hydrogen-bond acceptors (Lipinski definition) is 3. The van der Waals surface area contributed by atoms with Gasteiger partial charge < -0.3 is 15.4 Å². The molecule has 6 heteroatoms. The van der Waals surface area contributed by atoms with Gasteiger partial charge in [0.2, 0.25) is 5.91 Å². The SMILES string of the molecule is CC[C@H](C)[C@H](NC(=O)c1ccc(Cl)cc1)C(=O)NCc1ccccc1OC. The van der Waals surface area contributed by atoms with E-state index in [0.717, 1.165) is 12.0 Å². The maximum absolute atomic E-state index is 12.7. The highest BCUT2D eigenvalue weighted by atomic mass is 35.5. The Hall–Kier alpha value is -2.53. The third-order valence-corrected chi connectivity index (χ3v) is 4.79. The van der Waals surface area contributed by atoms with Crippen LogP contribution in [-0.4, -0.2) is 25.0 Å². The van der Waals surface area contributed by atoms with E-state index in [2.05, 4.69) is 10.6 Å². The molecule has 0 radical (unpaired) electrons. The lowest BCUT2D eigenvalue weighted by Crippen LogP contribution is -2.50. The lowest BCUT2D eigenvalue weighted by Gasteiger charge is -2.24. The van der Waals surface area contributed by atoms with E-state index in [1.807, 2.05) is 38.1 Å². The van der Waals surface area contributed by atoms with Gasteiger partial charge in [-0.05, 0) is 36.2 Å². The molecule has 0 aliphatic rings. The van der Waals surface area contributed by atoms with Crippen molar-refractivity contribution in [2.24, 2.45) is 5.92 Å². The Bertz CT molecular complexity index is 777. The van der Waals surface area contributed by atoms with E-state index in [9.17, 15) is 9.59 Å². The number of carbonyl (C=O) groups excluding carboxylic acids is 2. The molecular weight excluding hydrogens is 364 g/mol. The van der Waals surface area contributed by atoms with Gasteiger partial charge in [-0.1, -0.05) is 50.1 Å². The first-order chi connectivity index (χ1) is 13.0. The Morgan fingerprint density at radius 3 is 2.41 bits per heavy atom. The molecule has 0 saturated carbocycles. The summed E-state index contributed by atoms with van der Waals surface area (Å²) in [6.07, 6.45) is 0.758. The van der Waals surface area contributed by atoms with E-state index in [1.165, 1.54) is 0 Å². The normalized spacial score (nSPS) is 12.7. The highest BCUT2D eigenvalue weighted by molar-refractivity contribution is 6.30. The molecular formula is C21H25ClN2O3. The largest absolute Gasteiger partial charge is 0.496 e. The van der Waals surface area contributed by atoms with Crippen molar-refractivity contribution in [2.75, 3.05) is 7.11 Å². The van der Waals surface area contributed by atoms with E-state index in [-0.39, 0.29) is 17.7 Å². The fraction of sp³-hybridized carbons (Fsp3) is 0.333. The van der Waals surface area contributed by atoms with Crippen molar-refractivity contribution in [3.05, 3.63) is 64.7 Å². The third-order valence-electron chi connectivity index (χ3n) is 4.53. The second kappa shape index (κ2) is 9.97. The van der Waals surface area contributed by atoms with Gasteiger partial charge >= 0.3 is 0 Å². The molecule has 27 heavy (non-hydrogen) atoms. The van der Waals surface area contributed by atoms with Crippen LogP contribution in [0.1, 0.15) is 36.2 Å². The van der Waals surface area contributed by atoms with Crippen LogP contribution in [0.3, 0.4) is 0 Å². The molecule has 2 N–H and O–H groups in total. The zero-order chi connectivity index (χ0) is 19.8. The Kier molecular flexibility index (Phi) is 7.67. The van der Waals surface area contributed by atoms with Crippen molar-refractivity contribution in [3.63, 3.8) is 0 Å². The first kappa shape index (κ1) is 20.8. The predicted molar refractivity (Wildman–Crippen MR) is 107 cm³/mol. The lowest BCUT2D eigenvalue weighted by atomic mass is 9.97. The maximum atomic E-state index is 12.7. The number of amides is 2. The van der Waals surface area contributed by atoms with Crippen LogP contribution in [0, 0.1) is 5.92 Å². The summed E-state index contributed by atoms with van der Waals surface area (Å²) in [5.74, 6) is 0.170. The topological polar surface area (TPSA) is 67.4 Å². The average molecular weight is 389 g/mol. The number of rotatable bonds is 8. The Morgan fingerprint density at radius 1 is 1.11 bits per heavy atom. The number of hydrogen-bond donors (Lipinski definition) is 2. The number of benzene rings is 2. The fourth-order valence-corrected chi connectivity index (χ4v) is 2.80. The molecule has 2 rings (SSSR count). The minimum atomic E-state index is -0.632. The van der Waals surface area contributed by atoms with Crippen LogP contribution in [0.5, 0.6) is 5.75 Å². The number of methoxy groups -OCH3 is 1. The molecule has 0 heterocycles. The maximum Gasteiger partial charge on any atom is 0.251 e. The summed E-state index contributed by atoms with van der Waals surface area (Å²) in [5, 5.41) is 6.30. The zero-order valence-corrected chi connectivity index (χ0v) is 16.5. The summed E-state index contributed by atoms with van der Waals surface area (Å²) in [7, 11) is 1.59. The molecule has 5 nitrogen and oxygen atoms in total. The monoisotopic (exact) mass is 388 g/mol. The standard InChI is InChI=1S/C21H25ClN2O3/c1-4-14(2)19(24-20(25)15-9-11-17(22)12-10-15)21(26)23-13-16-7-5-6-8-18(16)27-3/h5-12,14,19H,4,13H2,1-3H3,(H,23,26)(H,24,25)/t14-,19-/m0/s1. The zero-order valence-electron chi connectivity index (χ0n) is 15.8. The number of halogens is 1. The summed E-state index contributed by atoms with van der Waals surface area (Å²) in [5.41, 5.74) is 1.34. The molecule has 0 unspecified atom stereocenters. The number of carbonyl (C=O) groups is 2. The van der Waals surface area contributed by atoms with Gasteiger partial charge in [0.05, 0.1) is 7.11 Å². The van der Waals surface area contributed by atoms with E-state index in [1.54, 1.807) is 31.4 Å². The molecule has 2 atom stereocenters. The van der Waals surface area contributed by atoms with Crippen molar-refractivity contribution in [2.45, 2.75) is 32.9 Å². The van der Waals surface area contributed by atoms with Crippen molar-refractivity contribution in [1.82, 2.24) is 10.6 Å². The Labute approximate surface area is 165 Å². The molecule has 0 bridgehead atoms. The lowest BCUT2D eigenvalue weighted by molar-refractivity contribution is -0.124. The van der Waals surface area contributed by atoms with Gasteiger partial charge in [0.1, 0.15) is 11.8 Å². The first-order valence-corrected chi connectivity index (χ1v) is 9.30. The predicted octanol–water partition coefficient (Wildman–Crippen LogP) is 3.81. The molecule has 0 aliphatic carbocycles. The van der Waals surface area contributed by atoms with Crippen LogP contribution in [-0.2, 0) is 11.3 Å². The first-order valence-electron chi connectivity index (χ1n) is 8.92. The molecule has 2 aromatic rings. The van der Waals surface area contributed by atoms with Gasteiger partial charge in [-0.25, -0.2) is 0 Å². The van der Waals surface area contributed by atoms with Crippen molar-refractivity contribution < 1.29 is 14.3 Å². The highest BCUT2D eigenvalue weighted by Gasteiger charge is 2.26. The molecule has 0 aromatic heterocycles. The van der Waals surface area contributed by atoms with Gasteiger partial charge in [0, 0.05) is 22.7 Å². The third kappa shape index (κ3) is 5.73. The molecule has 2 amide bonds. The van der Waals surface area contributed by atoms with Gasteiger partial charge in [0.25, 0.3) is 5.91 Å². The summed E-state index contributed by atoms with van der Waals surface area (Å²) >= 11 is 5.86. The van der Waals surface area contributed by atoms with Crippen LogP contribution in [0.15, 0.2) is 48.5 Å². The van der Waals surface area contributed by atoms with Crippen LogP contribution in [0.4, 0.5) is 0 Å². The Balaban J connectivity index is 2.07. The molecule has 0 spiro atoms. The van der Waals surface area contributed by atoms with Crippen LogP contribution in [0.2, 0.25) is 5.02 Å². The van der Waals surface area contributed by atoms with E-state index in [0.29, 0.717) is 22.9 Å². The van der Waals surface area contributed by atoms with Crippen LogP contribution in [0.25, 0.3) is 0 Å². The molecule has 144 valence electrons. The summed E-state index contributed by atoms with van der Waals surface area (Å²) in [6, 6.07) is 13.4. The number of ether oxygens (including phenoxy) is 1. The highest BCUT2D eigenvalue weighted by Crippen LogP contribution is 2.17. The van der Waals surface area contributed by atoms with Crippen LogP contribution < -0.4 is 15.4 Å². The van der Waals surface area contributed by atoms with Gasteiger partial charge in [-0.15, -0.1) is 0 Å². The molecule has 0 saturated heterocycles. The smallest absolute Gasteiger partial charge is 0.251 e. The van der Waals surface area contributed by atoms with Crippen molar-refractivity contribution >= 4 is 23.4 Å². The summed E-state index contributed by atoms with van der Waals surface area (Å²) < 4.78 is 5.31. The molecule has 0 fully saturated rings. The molecule has 2 aromatic carbocycles. The minimum absolute atomic E-state index is 0.0149. The quantitative estimate of drug-likeness (QED) is 0.722.